The molecule has 6 nitrogen and oxygen atoms in total. The van der Waals surface area contributed by atoms with Crippen molar-refractivity contribution in [2.24, 2.45) is 5.41 Å². The number of amides is 2. The first-order chi connectivity index (χ1) is 10.4. The predicted molar refractivity (Wildman–Crippen MR) is 82.5 cm³/mol. The van der Waals surface area contributed by atoms with Gasteiger partial charge in [-0.15, -0.1) is 0 Å². The van der Waals surface area contributed by atoms with Gasteiger partial charge in [0.1, 0.15) is 5.69 Å². The molecule has 2 saturated heterocycles. The highest BCUT2D eigenvalue weighted by Crippen LogP contribution is 2.40. The second kappa shape index (κ2) is 5.41. The van der Waals surface area contributed by atoms with Gasteiger partial charge in [0.15, 0.2) is 0 Å². The Labute approximate surface area is 130 Å². The van der Waals surface area contributed by atoms with Crippen LogP contribution in [0.3, 0.4) is 0 Å². The number of aromatic nitrogens is 2. The van der Waals surface area contributed by atoms with E-state index in [9.17, 15) is 9.59 Å². The SMILES string of the molecule is CC(C)c1cc(C(=O)N2CCC3(CCCN(C)C3=O)C2)n[nH]1. The standard InChI is InChI=1S/C16H24N4O2/c1-11(2)12-9-13(18-17-12)14(21)20-8-6-16(10-20)5-4-7-19(3)15(16)22/h9,11H,4-8,10H2,1-3H3,(H,17,18). The molecule has 2 aliphatic heterocycles. The number of piperidine rings is 1. The zero-order valence-corrected chi connectivity index (χ0v) is 13.6. The quantitative estimate of drug-likeness (QED) is 0.902. The van der Waals surface area contributed by atoms with Crippen molar-refractivity contribution >= 4 is 11.8 Å². The van der Waals surface area contributed by atoms with Crippen LogP contribution in [0.25, 0.3) is 0 Å². The minimum atomic E-state index is -0.361. The Bertz CT molecular complexity index is 595. The third kappa shape index (κ3) is 2.40. The maximum absolute atomic E-state index is 12.6. The number of aromatic amines is 1. The molecule has 6 heteroatoms. The van der Waals surface area contributed by atoms with E-state index in [2.05, 4.69) is 24.0 Å². The summed E-state index contributed by atoms with van der Waals surface area (Å²) < 4.78 is 0. The van der Waals surface area contributed by atoms with E-state index in [-0.39, 0.29) is 17.2 Å². The first-order valence-electron chi connectivity index (χ1n) is 8.03. The van der Waals surface area contributed by atoms with E-state index in [0.29, 0.717) is 24.7 Å². The molecular formula is C16H24N4O2. The molecule has 0 aromatic carbocycles. The van der Waals surface area contributed by atoms with Gasteiger partial charge < -0.3 is 9.80 Å². The number of carbonyl (C=O) groups excluding carboxylic acids is 2. The van der Waals surface area contributed by atoms with Gasteiger partial charge in [-0.05, 0) is 31.2 Å². The van der Waals surface area contributed by atoms with Crippen LogP contribution in [-0.2, 0) is 4.79 Å². The minimum Gasteiger partial charge on any atom is -0.345 e. The summed E-state index contributed by atoms with van der Waals surface area (Å²) in [6, 6.07) is 1.83. The van der Waals surface area contributed by atoms with Crippen molar-refractivity contribution in [3.05, 3.63) is 17.5 Å². The Kier molecular flexibility index (Phi) is 3.70. The molecule has 0 radical (unpaired) electrons. The number of nitrogens with one attached hydrogen (secondary N) is 1. The molecule has 3 heterocycles. The van der Waals surface area contributed by atoms with Crippen molar-refractivity contribution in [1.82, 2.24) is 20.0 Å². The molecule has 3 rings (SSSR count). The second-order valence-corrected chi connectivity index (χ2v) is 6.95. The Morgan fingerprint density at radius 1 is 1.36 bits per heavy atom. The van der Waals surface area contributed by atoms with E-state index >= 15 is 0 Å². The lowest BCUT2D eigenvalue weighted by Crippen LogP contribution is -2.48. The summed E-state index contributed by atoms with van der Waals surface area (Å²) in [5.74, 6) is 0.438. The van der Waals surface area contributed by atoms with Crippen molar-refractivity contribution < 1.29 is 9.59 Å². The highest BCUT2D eigenvalue weighted by Gasteiger charge is 2.48. The zero-order chi connectivity index (χ0) is 15.9. The monoisotopic (exact) mass is 304 g/mol. The van der Waals surface area contributed by atoms with Crippen LogP contribution in [0.5, 0.6) is 0 Å². The number of hydrogen-bond acceptors (Lipinski definition) is 3. The van der Waals surface area contributed by atoms with Gasteiger partial charge in [-0.1, -0.05) is 13.8 Å². The van der Waals surface area contributed by atoms with Gasteiger partial charge in [-0.3, -0.25) is 14.7 Å². The molecule has 2 amide bonds. The van der Waals surface area contributed by atoms with Crippen LogP contribution in [0.4, 0.5) is 0 Å². The molecule has 1 N–H and O–H groups in total. The molecule has 0 aliphatic carbocycles. The molecule has 120 valence electrons. The maximum atomic E-state index is 12.6. The topological polar surface area (TPSA) is 69.3 Å². The smallest absolute Gasteiger partial charge is 0.274 e. The summed E-state index contributed by atoms with van der Waals surface area (Å²) in [6.07, 6.45) is 2.67. The second-order valence-electron chi connectivity index (χ2n) is 6.95. The van der Waals surface area contributed by atoms with Gasteiger partial charge >= 0.3 is 0 Å². The molecule has 22 heavy (non-hydrogen) atoms. The van der Waals surface area contributed by atoms with E-state index in [4.69, 9.17) is 0 Å². The molecule has 1 aromatic heterocycles. The van der Waals surface area contributed by atoms with Crippen LogP contribution >= 0.6 is 0 Å². The Morgan fingerprint density at radius 3 is 2.82 bits per heavy atom. The summed E-state index contributed by atoms with van der Waals surface area (Å²) in [4.78, 5) is 28.7. The van der Waals surface area contributed by atoms with Crippen molar-refractivity contribution in [1.29, 1.82) is 0 Å². The molecule has 1 unspecified atom stereocenters. The average Bonchev–Trinajstić information content (AvgIpc) is 3.12. The molecule has 1 aromatic rings. The number of nitrogens with zero attached hydrogens (tertiary/aromatic N) is 3. The highest BCUT2D eigenvalue weighted by atomic mass is 16.2. The van der Waals surface area contributed by atoms with Crippen LogP contribution in [0.2, 0.25) is 0 Å². The lowest BCUT2D eigenvalue weighted by atomic mass is 9.78. The van der Waals surface area contributed by atoms with Crippen LogP contribution in [0.15, 0.2) is 6.07 Å². The molecule has 0 bridgehead atoms. The molecular weight excluding hydrogens is 280 g/mol. The summed E-state index contributed by atoms with van der Waals surface area (Å²) >= 11 is 0. The van der Waals surface area contributed by atoms with Gasteiger partial charge in [-0.25, -0.2) is 0 Å². The van der Waals surface area contributed by atoms with E-state index in [1.165, 1.54) is 0 Å². The van der Waals surface area contributed by atoms with E-state index in [1.807, 2.05) is 18.0 Å². The summed E-state index contributed by atoms with van der Waals surface area (Å²) in [5, 5.41) is 7.06. The Morgan fingerprint density at radius 2 is 2.14 bits per heavy atom. The van der Waals surface area contributed by atoms with Crippen molar-refractivity contribution in [3.63, 3.8) is 0 Å². The van der Waals surface area contributed by atoms with E-state index in [0.717, 1.165) is 31.5 Å². The number of carbonyl (C=O) groups is 2. The number of rotatable bonds is 2. The third-order valence-corrected chi connectivity index (χ3v) is 5.03. The lowest BCUT2D eigenvalue weighted by Gasteiger charge is -2.37. The molecule has 2 aliphatic rings. The lowest BCUT2D eigenvalue weighted by molar-refractivity contribution is -0.143. The summed E-state index contributed by atoms with van der Waals surface area (Å²) in [5.41, 5.74) is 1.06. The van der Waals surface area contributed by atoms with Crippen molar-refractivity contribution in [3.8, 4) is 0 Å². The molecule has 1 spiro atoms. The minimum absolute atomic E-state index is 0.0685. The van der Waals surface area contributed by atoms with E-state index < -0.39 is 0 Å². The fourth-order valence-electron chi connectivity index (χ4n) is 3.60. The highest BCUT2D eigenvalue weighted by molar-refractivity contribution is 5.94. The number of likely N-dealkylation sites (tertiary alicyclic amines) is 2. The molecule has 0 saturated carbocycles. The van der Waals surface area contributed by atoms with Crippen LogP contribution < -0.4 is 0 Å². The van der Waals surface area contributed by atoms with Crippen molar-refractivity contribution in [2.45, 2.75) is 39.0 Å². The summed E-state index contributed by atoms with van der Waals surface area (Å²) in [6.45, 7) is 6.11. The number of H-pyrrole nitrogens is 1. The van der Waals surface area contributed by atoms with Crippen molar-refractivity contribution in [2.75, 3.05) is 26.7 Å². The van der Waals surface area contributed by atoms with E-state index in [1.54, 1.807) is 4.90 Å². The van der Waals surface area contributed by atoms with Gasteiger partial charge in [-0.2, -0.15) is 5.10 Å². The average molecular weight is 304 g/mol. The van der Waals surface area contributed by atoms with Crippen LogP contribution in [0.1, 0.15) is 55.2 Å². The third-order valence-electron chi connectivity index (χ3n) is 5.03. The largest absolute Gasteiger partial charge is 0.345 e. The van der Waals surface area contributed by atoms with Crippen LogP contribution in [0, 0.1) is 5.41 Å². The number of hydrogen-bond donors (Lipinski definition) is 1. The normalized spacial score (nSPS) is 25.5. The molecule has 2 fully saturated rings. The van der Waals surface area contributed by atoms with Gasteiger partial charge in [0.2, 0.25) is 5.91 Å². The van der Waals surface area contributed by atoms with Crippen LogP contribution in [-0.4, -0.2) is 58.5 Å². The summed E-state index contributed by atoms with van der Waals surface area (Å²) in [7, 11) is 1.86. The van der Waals surface area contributed by atoms with Gasteiger partial charge in [0.05, 0.1) is 5.41 Å². The van der Waals surface area contributed by atoms with Gasteiger partial charge in [0.25, 0.3) is 5.91 Å². The Balaban J connectivity index is 1.74. The predicted octanol–water partition coefficient (Wildman–Crippen LogP) is 1.62. The van der Waals surface area contributed by atoms with Gasteiger partial charge in [0, 0.05) is 32.4 Å². The first-order valence-corrected chi connectivity index (χ1v) is 8.03. The fourth-order valence-corrected chi connectivity index (χ4v) is 3.60. The zero-order valence-electron chi connectivity index (χ0n) is 13.6. The Hall–Kier alpha value is -1.85. The maximum Gasteiger partial charge on any atom is 0.274 e. The fraction of sp³-hybridized carbons (Fsp3) is 0.688. The first kappa shape index (κ1) is 15.1. The molecule has 1 atom stereocenters.